The first-order valence-electron chi connectivity index (χ1n) is 6.25. The summed E-state index contributed by atoms with van der Waals surface area (Å²) >= 11 is 0. The molecule has 0 aliphatic carbocycles. The third-order valence-corrected chi connectivity index (χ3v) is 2.99. The number of halogens is 1. The molecule has 1 aliphatic rings. The lowest BCUT2D eigenvalue weighted by atomic mass is 9.99. The molecule has 1 nitrogen and oxygen atoms in total. The average Bonchev–Trinajstić information content (AvgIpc) is 2.18. The number of hydrogen-bond donors (Lipinski definition) is 1. The Bertz CT molecular complexity index is 168. The highest BCUT2D eigenvalue weighted by Gasteiger charge is 2.14. The summed E-state index contributed by atoms with van der Waals surface area (Å²) in [5, 5.41) is 3.62. The van der Waals surface area contributed by atoms with E-state index in [4.69, 9.17) is 0 Å². The summed E-state index contributed by atoms with van der Waals surface area (Å²) in [7, 11) is 0. The Balaban J connectivity index is 0.00000196. The summed E-state index contributed by atoms with van der Waals surface area (Å²) in [6.45, 7) is 4.55. The first kappa shape index (κ1) is 15.0. The van der Waals surface area contributed by atoms with E-state index >= 15 is 0 Å². The van der Waals surface area contributed by atoms with Gasteiger partial charge in [-0.1, -0.05) is 38.3 Å². The Kier molecular flexibility index (Phi) is 9.23. The van der Waals surface area contributed by atoms with Crippen molar-refractivity contribution in [3.05, 3.63) is 12.2 Å². The van der Waals surface area contributed by atoms with E-state index in [9.17, 15) is 0 Å². The van der Waals surface area contributed by atoms with Crippen LogP contribution in [-0.4, -0.2) is 12.1 Å². The van der Waals surface area contributed by atoms with Gasteiger partial charge in [-0.15, -0.1) is 12.4 Å². The van der Waals surface area contributed by atoms with E-state index in [-0.39, 0.29) is 12.4 Å². The van der Waals surface area contributed by atoms with E-state index in [1.807, 2.05) is 0 Å². The maximum atomic E-state index is 3.62. The number of piperidine rings is 1. The largest absolute Gasteiger partial charge is 0.308 e. The topological polar surface area (TPSA) is 12.0 Å². The highest BCUT2D eigenvalue weighted by atomic mass is 35.5. The molecule has 2 atom stereocenters. The van der Waals surface area contributed by atoms with Gasteiger partial charge in [0.1, 0.15) is 0 Å². The molecule has 1 heterocycles. The third kappa shape index (κ3) is 6.97. The lowest BCUT2D eigenvalue weighted by Crippen LogP contribution is -2.39. The zero-order valence-electron chi connectivity index (χ0n) is 10.2. The van der Waals surface area contributed by atoms with Crippen LogP contribution in [0.25, 0.3) is 0 Å². The average molecular weight is 232 g/mol. The van der Waals surface area contributed by atoms with Crippen molar-refractivity contribution in [2.75, 3.05) is 0 Å². The molecule has 0 aromatic carbocycles. The lowest BCUT2D eigenvalue weighted by Gasteiger charge is -2.26. The van der Waals surface area contributed by atoms with E-state index in [1.54, 1.807) is 0 Å². The monoisotopic (exact) mass is 231 g/mol. The molecule has 0 aromatic rings. The standard InChI is InChI=1S/C13H25N.ClH/c1-3-4-5-6-7-10-13-11-8-9-12(2)14-13;/h7,10,12-14H,3-6,8-9,11H2,1-2H3;1H/b10-7+;. The van der Waals surface area contributed by atoms with Crippen LogP contribution in [0.1, 0.15) is 58.8 Å². The number of nitrogens with one attached hydrogen (secondary N) is 1. The summed E-state index contributed by atoms with van der Waals surface area (Å²) < 4.78 is 0. The number of allylic oxidation sites excluding steroid dienone is 1. The highest BCUT2D eigenvalue weighted by Crippen LogP contribution is 2.13. The van der Waals surface area contributed by atoms with Crippen molar-refractivity contribution in [3.8, 4) is 0 Å². The minimum absolute atomic E-state index is 0. The molecule has 0 bridgehead atoms. The lowest BCUT2D eigenvalue weighted by molar-refractivity contribution is 0.374. The zero-order valence-corrected chi connectivity index (χ0v) is 11.0. The number of unbranched alkanes of at least 4 members (excludes halogenated alkanes) is 3. The second kappa shape index (κ2) is 9.23. The van der Waals surface area contributed by atoms with Crippen molar-refractivity contribution < 1.29 is 0 Å². The maximum Gasteiger partial charge on any atom is 0.0252 e. The van der Waals surface area contributed by atoms with Crippen molar-refractivity contribution in [3.63, 3.8) is 0 Å². The number of rotatable bonds is 5. The molecule has 1 fully saturated rings. The van der Waals surface area contributed by atoms with Gasteiger partial charge in [-0.05, 0) is 32.6 Å². The van der Waals surface area contributed by atoms with Gasteiger partial charge in [0, 0.05) is 12.1 Å². The van der Waals surface area contributed by atoms with E-state index < -0.39 is 0 Å². The van der Waals surface area contributed by atoms with E-state index in [0.717, 1.165) is 0 Å². The van der Waals surface area contributed by atoms with Gasteiger partial charge in [-0.3, -0.25) is 0 Å². The summed E-state index contributed by atoms with van der Waals surface area (Å²) in [5.41, 5.74) is 0. The molecule has 15 heavy (non-hydrogen) atoms. The Hall–Kier alpha value is -0.0100. The van der Waals surface area contributed by atoms with Gasteiger partial charge in [0.15, 0.2) is 0 Å². The van der Waals surface area contributed by atoms with Crippen LogP contribution in [0.3, 0.4) is 0 Å². The highest BCUT2D eigenvalue weighted by molar-refractivity contribution is 5.85. The Labute approximate surface area is 101 Å². The Morgan fingerprint density at radius 2 is 2.07 bits per heavy atom. The van der Waals surface area contributed by atoms with Crippen LogP contribution in [0.15, 0.2) is 12.2 Å². The van der Waals surface area contributed by atoms with Crippen molar-refractivity contribution in [2.24, 2.45) is 0 Å². The molecule has 0 radical (unpaired) electrons. The second-order valence-corrected chi connectivity index (χ2v) is 4.53. The van der Waals surface area contributed by atoms with Crippen molar-refractivity contribution in [1.29, 1.82) is 0 Å². The molecular weight excluding hydrogens is 206 g/mol. The fourth-order valence-corrected chi connectivity index (χ4v) is 2.10. The molecule has 1 N–H and O–H groups in total. The van der Waals surface area contributed by atoms with Crippen molar-refractivity contribution in [2.45, 2.75) is 70.9 Å². The van der Waals surface area contributed by atoms with Crippen LogP contribution in [0, 0.1) is 0 Å². The maximum absolute atomic E-state index is 3.62. The molecule has 90 valence electrons. The van der Waals surface area contributed by atoms with Crippen LogP contribution in [0.5, 0.6) is 0 Å². The van der Waals surface area contributed by atoms with Crippen LogP contribution in [0.4, 0.5) is 0 Å². The molecular formula is C13H26ClN. The normalized spacial score (nSPS) is 26.5. The van der Waals surface area contributed by atoms with Gasteiger partial charge in [0.25, 0.3) is 0 Å². The van der Waals surface area contributed by atoms with E-state index in [1.165, 1.54) is 44.9 Å². The minimum atomic E-state index is 0. The molecule has 2 unspecified atom stereocenters. The SMILES string of the molecule is CCCCC/C=C/C1CCCC(C)N1.Cl. The smallest absolute Gasteiger partial charge is 0.0252 e. The van der Waals surface area contributed by atoms with Crippen LogP contribution in [-0.2, 0) is 0 Å². The predicted molar refractivity (Wildman–Crippen MR) is 70.8 cm³/mol. The second-order valence-electron chi connectivity index (χ2n) is 4.53. The van der Waals surface area contributed by atoms with Gasteiger partial charge in [-0.25, -0.2) is 0 Å². The van der Waals surface area contributed by atoms with Gasteiger partial charge >= 0.3 is 0 Å². The van der Waals surface area contributed by atoms with E-state index in [2.05, 4.69) is 31.3 Å². The predicted octanol–water partition coefficient (Wildman–Crippen LogP) is 4.08. The Morgan fingerprint density at radius 1 is 1.27 bits per heavy atom. The van der Waals surface area contributed by atoms with Crippen LogP contribution in [0.2, 0.25) is 0 Å². The van der Waals surface area contributed by atoms with Crippen LogP contribution >= 0.6 is 12.4 Å². The minimum Gasteiger partial charge on any atom is -0.308 e. The summed E-state index contributed by atoms with van der Waals surface area (Å²) in [6, 6.07) is 1.37. The van der Waals surface area contributed by atoms with E-state index in [0.29, 0.717) is 12.1 Å². The fraction of sp³-hybridized carbons (Fsp3) is 0.846. The molecule has 0 saturated carbocycles. The third-order valence-electron chi connectivity index (χ3n) is 2.99. The molecule has 1 saturated heterocycles. The molecule has 1 rings (SSSR count). The number of hydrogen-bond acceptors (Lipinski definition) is 1. The fourth-order valence-electron chi connectivity index (χ4n) is 2.10. The van der Waals surface area contributed by atoms with Crippen LogP contribution < -0.4 is 5.32 Å². The van der Waals surface area contributed by atoms with Gasteiger partial charge in [-0.2, -0.15) is 0 Å². The van der Waals surface area contributed by atoms with Gasteiger partial charge < -0.3 is 5.32 Å². The Morgan fingerprint density at radius 3 is 2.73 bits per heavy atom. The van der Waals surface area contributed by atoms with Crippen molar-refractivity contribution >= 4 is 12.4 Å². The molecule has 0 amide bonds. The molecule has 0 spiro atoms. The summed E-state index contributed by atoms with van der Waals surface area (Å²) in [5.74, 6) is 0. The summed E-state index contributed by atoms with van der Waals surface area (Å²) in [4.78, 5) is 0. The van der Waals surface area contributed by atoms with Gasteiger partial charge in [0.2, 0.25) is 0 Å². The van der Waals surface area contributed by atoms with Crippen molar-refractivity contribution in [1.82, 2.24) is 5.32 Å². The molecule has 2 heteroatoms. The summed E-state index contributed by atoms with van der Waals surface area (Å²) in [6.07, 6.45) is 14.1. The molecule has 0 aromatic heterocycles. The van der Waals surface area contributed by atoms with Gasteiger partial charge in [0.05, 0.1) is 0 Å². The quantitative estimate of drug-likeness (QED) is 0.556. The zero-order chi connectivity index (χ0) is 10.2. The first-order chi connectivity index (χ1) is 6.83. The first-order valence-corrected chi connectivity index (χ1v) is 6.25. The molecule has 1 aliphatic heterocycles.